The minimum atomic E-state index is -3.42. The average Bonchev–Trinajstić information content (AvgIpc) is 2.64. The fourth-order valence-electron chi connectivity index (χ4n) is 3.66. The third-order valence-electron chi connectivity index (χ3n) is 5.50. The van der Waals surface area contributed by atoms with E-state index in [1.807, 2.05) is 32.9 Å². The van der Waals surface area contributed by atoms with E-state index in [-0.39, 0.29) is 6.04 Å². The van der Waals surface area contributed by atoms with Gasteiger partial charge in [0, 0.05) is 19.1 Å². The largest absolute Gasteiger partial charge is 0.360 e. The Morgan fingerprint density at radius 2 is 1.78 bits per heavy atom. The Balaban J connectivity index is 1.98. The molecule has 1 fully saturated rings. The van der Waals surface area contributed by atoms with Crippen LogP contribution in [0.3, 0.4) is 0 Å². The van der Waals surface area contributed by atoms with E-state index in [1.165, 1.54) is 23.6 Å². The number of thiocarbonyl (C=S) groups is 1. The summed E-state index contributed by atoms with van der Waals surface area (Å²) in [7, 11) is -3.42. The van der Waals surface area contributed by atoms with Crippen LogP contribution >= 0.6 is 12.2 Å². The molecule has 3 atom stereocenters. The molecule has 0 unspecified atom stereocenters. The van der Waals surface area contributed by atoms with Gasteiger partial charge in [0.05, 0.1) is 10.9 Å². The molecule has 0 aromatic heterocycles. The van der Waals surface area contributed by atoms with E-state index >= 15 is 0 Å². The predicted octanol–water partition coefficient (Wildman–Crippen LogP) is 3.82. The topological polar surface area (TPSA) is 61.4 Å². The smallest absolute Gasteiger partial charge is 0.243 e. The maximum Gasteiger partial charge on any atom is 0.243 e. The predicted molar refractivity (Wildman–Crippen MR) is 115 cm³/mol. The standard InChI is InChI=1S/C20H33N3O2S2/c1-5-23(6-2)27(24,25)18-13-11-17(12-14-18)16(4)21-20(26)22-19-10-8-7-9-15(19)3/h11-16,19H,5-10H2,1-4H3,(H2,21,22,26)/t15-,16+,19+/m0/s1. The Morgan fingerprint density at radius 3 is 2.33 bits per heavy atom. The summed E-state index contributed by atoms with van der Waals surface area (Å²) in [5.41, 5.74) is 1.01. The zero-order valence-corrected chi connectivity index (χ0v) is 18.5. The van der Waals surface area contributed by atoms with E-state index in [0.29, 0.717) is 35.1 Å². The van der Waals surface area contributed by atoms with Crippen molar-refractivity contribution in [2.45, 2.75) is 70.4 Å². The Hall–Kier alpha value is -1.18. The summed E-state index contributed by atoms with van der Waals surface area (Å²) in [5, 5.41) is 7.45. The molecular weight excluding hydrogens is 378 g/mol. The molecule has 0 heterocycles. The van der Waals surface area contributed by atoms with E-state index in [4.69, 9.17) is 12.2 Å². The van der Waals surface area contributed by atoms with Gasteiger partial charge >= 0.3 is 0 Å². The number of nitrogens with one attached hydrogen (secondary N) is 2. The normalized spacial score (nSPS) is 21.7. The molecule has 0 radical (unpaired) electrons. The van der Waals surface area contributed by atoms with Gasteiger partial charge < -0.3 is 10.6 Å². The van der Waals surface area contributed by atoms with Gasteiger partial charge in [-0.05, 0) is 55.6 Å². The van der Waals surface area contributed by atoms with Crippen LogP contribution in [0.15, 0.2) is 29.2 Å². The molecule has 1 aliphatic rings. The molecule has 5 nitrogen and oxygen atoms in total. The Bertz CT molecular complexity index is 715. The van der Waals surface area contributed by atoms with Crippen LogP contribution in [0.4, 0.5) is 0 Å². The number of nitrogens with zero attached hydrogens (tertiary/aromatic N) is 1. The summed E-state index contributed by atoms with van der Waals surface area (Å²) in [5.74, 6) is 0.637. The lowest BCUT2D eigenvalue weighted by Crippen LogP contribution is -2.46. The molecule has 1 saturated carbocycles. The zero-order valence-electron chi connectivity index (χ0n) is 16.9. The summed E-state index contributed by atoms with van der Waals surface area (Å²) >= 11 is 5.49. The number of benzene rings is 1. The van der Waals surface area contributed by atoms with E-state index in [2.05, 4.69) is 17.6 Å². The number of hydrogen-bond donors (Lipinski definition) is 2. The highest BCUT2D eigenvalue weighted by atomic mass is 32.2. The molecule has 1 aliphatic carbocycles. The lowest BCUT2D eigenvalue weighted by molar-refractivity contribution is 0.307. The van der Waals surface area contributed by atoms with Crippen molar-refractivity contribution in [1.82, 2.24) is 14.9 Å². The van der Waals surface area contributed by atoms with Crippen molar-refractivity contribution >= 4 is 27.4 Å². The zero-order chi connectivity index (χ0) is 20.0. The molecule has 7 heteroatoms. The van der Waals surface area contributed by atoms with Gasteiger partial charge in [-0.25, -0.2) is 8.42 Å². The first-order chi connectivity index (χ1) is 12.8. The van der Waals surface area contributed by atoms with Gasteiger partial charge in [0.15, 0.2) is 5.11 Å². The van der Waals surface area contributed by atoms with Crippen LogP contribution < -0.4 is 10.6 Å². The molecular formula is C20H33N3O2S2. The van der Waals surface area contributed by atoms with E-state index < -0.39 is 10.0 Å². The van der Waals surface area contributed by atoms with Gasteiger partial charge in [-0.15, -0.1) is 0 Å². The van der Waals surface area contributed by atoms with Crippen molar-refractivity contribution in [3.63, 3.8) is 0 Å². The molecule has 0 saturated heterocycles. The minimum Gasteiger partial charge on any atom is -0.360 e. The summed E-state index contributed by atoms with van der Waals surface area (Å²) in [4.78, 5) is 0.332. The second kappa shape index (κ2) is 9.85. The first kappa shape index (κ1) is 22.1. The Morgan fingerprint density at radius 1 is 1.19 bits per heavy atom. The molecule has 2 N–H and O–H groups in total. The van der Waals surface area contributed by atoms with E-state index in [0.717, 1.165) is 12.0 Å². The van der Waals surface area contributed by atoms with Crippen LogP contribution in [0, 0.1) is 5.92 Å². The summed E-state index contributed by atoms with van der Waals surface area (Å²) in [6.45, 7) is 8.95. The highest BCUT2D eigenvalue weighted by molar-refractivity contribution is 7.89. The SMILES string of the molecule is CCN(CC)S(=O)(=O)c1ccc([C@@H](C)NC(=S)N[C@@H]2CCCC[C@@H]2C)cc1. The highest BCUT2D eigenvalue weighted by Crippen LogP contribution is 2.24. The quantitative estimate of drug-likeness (QED) is 0.668. The van der Waals surface area contributed by atoms with Crippen LogP contribution in [0.1, 0.15) is 65.0 Å². The second-order valence-corrected chi connectivity index (χ2v) is 9.71. The van der Waals surface area contributed by atoms with Crippen molar-refractivity contribution in [2.24, 2.45) is 5.92 Å². The van der Waals surface area contributed by atoms with Crippen molar-refractivity contribution in [2.75, 3.05) is 13.1 Å². The molecule has 1 aromatic rings. The van der Waals surface area contributed by atoms with E-state index in [1.54, 1.807) is 12.1 Å². The first-order valence-electron chi connectivity index (χ1n) is 9.96. The fourth-order valence-corrected chi connectivity index (χ4v) is 5.45. The monoisotopic (exact) mass is 411 g/mol. The van der Waals surface area contributed by atoms with Gasteiger partial charge in [0.2, 0.25) is 10.0 Å². The highest BCUT2D eigenvalue weighted by Gasteiger charge is 2.23. The molecule has 1 aromatic carbocycles. The molecule has 0 aliphatic heterocycles. The van der Waals surface area contributed by atoms with Crippen LogP contribution in [0.5, 0.6) is 0 Å². The van der Waals surface area contributed by atoms with Gasteiger partial charge in [0.25, 0.3) is 0 Å². The van der Waals surface area contributed by atoms with Crippen LogP contribution in [0.25, 0.3) is 0 Å². The lowest BCUT2D eigenvalue weighted by Gasteiger charge is -2.31. The molecule has 0 spiro atoms. The van der Waals surface area contributed by atoms with Crippen LogP contribution in [-0.4, -0.2) is 37.0 Å². The number of hydrogen-bond acceptors (Lipinski definition) is 3. The lowest BCUT2D eigenvalue weighted by atomic mass is 9.86. The number of rotatable bonds is 7. The van der Waals surface area contributed by atoms with Gasteiger partial charge in [-0.3, -0.25) is 0 Å². The molecule has 0 amide bonds. The summed E-state index contributed by atoms with van der Waals surface area (Å²) in [6, 6.07) is 7.53. The van der Waals surface area contributed by atoms with Gasteiger partial charge in [-0.2, -0.15) is 4.31 Å². The average molecular weight is 412 g/mol. The van der Waals surface area contributed by atoms with Crippen molar-refractivity contribution < 1.29 is 8.42 Å². The van der Waals surface area contributed by atoms with Crippen molar-refractivity contribution in [1.29, 1.82) is 0 Å². The minimum absolute atomic E-state index is 0.00843. The third-order valence-corrected chi connectivity index (χ3v) is 7.80. The Kier molecular flexibility index (Phi) is 8.06. The number of sulfonamides is 1. The Labute approximate surface area is 170 Å². The summed E-state index contributed by atoms with van der Waals surface area (Å²) in [6.07, 6.45) is 4.97. The fraction of sp³-hybridized carbons (Fsp3) is 0.650. The second-order valence-electron chi connectivity index (χ2n) is 7.37. The molecule has 0 bridgehead atoms. The summed E-state index contributed by atoms with van der Waals surface area (Å²) < 4.78 is 26.6. The van der Waals surface area contributed by atoms with Crippen LogP contribution in [-0.2, 0) is 10.0 Å². The third kappa shape index (κ3) is 5.65. The van der Waals surface area contributed by atoms with E-state index in [9.17, 15) is 8.42 Å². The van der Waals surface area contributed by atoms with Gasteiger partial charge in [-0.1, -0.05) is 45.7 Å². The maximum atomic E-state index is 12.6. The molecule has 27 heavy (non-hydrogen) atoms. The van der Waals surface area contributed by atoms with Crippen molar-refractivity contribution in [3.8, 4) is 0 Å². The van der Waals surface area contributed by atoms with Crippen LogP contribution in [0.2, 0.25) is 0 Å². The van der Waals surface area contributed by atoms with Crippen molar-refractivity contribution in [3.05, 3.63) is 29.8 Å². The maximum absolute atomic E-state index is 12.6. The molecule has 152 valence electrons. The molecule has 2 rings (SSSR count). The van der Waals surface area contributed by atoms with Gasteiger partial charge in [0.1, 0.15) is 0 Å². The first-order valence-corrected chi connectivity index (χ1v) is 11.8.